The van der Waals surface area contributed by atoms with E-state index >= 15 is 0 Å². The average Bonchev–Trinajstić information content (AvgIpc) is 2.82. The summed E-state index contributed by atoms with van der Waals surface area (Å²) < 4.78 is 5.61. The molecule has 0 aliphatic carbocycles. The molecule has 180 valence electrons. The van der Waals surface area contributed by atoms with Gasteiger partial charge in [0, 0.05) is 53.4 Å². The molecular formula is C25H36IN5O2. The molecule has 0 unspecified atom stereocenters. The van der Waals surface area contributed by atoms with Gasteiger partial charge in [-0.05, 0) is 36.1 Å². The average molecular weight is 566 g/mol. The van der Waals surface area contributed by atoms with Crippen LogP contribution in [0.2, 0.25) is 0 Å². The molecule has 1 saturated heterocycles. The number of nitrogens with zero attached hydrogens (tertiary/aromatic N) is 3. The molecule has 8 heteroatoms. The van der Waals surface area contributed by atoms with Crippen molar-refractivity contribution in [1.82, 2.24) is 20.4 Å². The lowest BCUT2D eigenvalue weighted by atomic mass is 10.0. The number of likely N-dealkylation sites (N-methyl/N-ethyl adjacent to an activating group) is 1. The molecule has 0 radical (unpaired) electrons. The zero-order chi connectivity index (χ0) is 22.8. The highest BCUT2D eigenvalue weighted by Crippen LogP contribution is 2.15. The van der Waals surface area contributed by atoms with Crippen molar-refractivity contribution in [2.75, 3.05) is 40.8 Å². The molecule has 0 aromatic heterocycles. The van der Waals surface area contributed by atoms with E-state index in [0.717, 1.165) is 44.0 Å². The van der Waals surface area contributed by atoms with Gasteiger partial charge in [-0.15, -0.1) is 24.0 Å². The van der Waals surface area contributed by atoms with Crippen molar-refractivity contribution < 1.29 is 9.53 Å². The molecule has 2 aromatic carbocycles. The van der Waals surface area contributed by atoms with Crippen molar-refractivity contribution in [3.05, 3.63) is 65.7 Å². The highest BCUT2D eigenvalue weighted by molar-refractivity contribution is 14.0. The van der Waals surface area contributed by atoms with Crippen molar-refractivity contribution in [3.63, 3.8) is 0 Å². The van der Waals surface area contributed by atoms with Gasteiger partial charge in [0.15, 0.2) is 12.6 Å². The third-order valence-electron chi connectivity index (χ3n) is 5.62. The second-order valence-corrected chi connectivity index (χ2v) is 8.33. The zero-order valence-electron chi connectivity index (χ0n) is 19.8. The number of likely N-dealkylation sites (tertiary alicyclic amines) is 1. The van der Waals surface area contributed by atoms with Gasteiger partial charge in [0.25, 0.3) is 5.91 Å². The molecule has 0 bridgehead atoms. The van der Waals surface area contributed by atoms with Crippen LogP contribution in [-0.4, -0.2) is 68.5 Å². The van der Waals surface area contributed by atoms with E-state index in [2.05, 4.69) is 50.9 Å². The summed E-state index contributed by atoms with van der Waals surface area (Å²) in [5, 5.41) is 6.95. The normalized spacial score (nSPS) is 14.8. The van der Waals surface area contributed by atoms with Gasteiger partial charge < -0.3 is 20.3 Å². The van der Waals surface area contributed by atoms with Gasteiger partial charge in [-0.3, -0.25) is 14.7 Å². The first-order valence-corrected chi connectivity index (χ1v) is 11.2. The fourth-order valence-electron chi connectivity index (χ4n) is 3.67. The summed E-state index contributed by atoms with van der Waals surface area (Å²) in [6.07, 6.45) is 2.19. The van der Waals surface area contributed by atoms with E-state index in [4.69, 9.17) is 4.74 Å². The number of ether oxygens (including phenoxy) is 1. The van der Waals surface area contributed by atoms with Crippen LogP contribution >= 0.6 is 24.0 Å². The number of aliphatic imine (C=N–C) groups is 1. The molecule has 1 amide bonds. The van der Waals surface area contributed by atoms with E-state index < -0.39 is 0 Å². The molecule has 3 rings (SSSR count). The molecule has 7 nitrogen and oxygen atoms in total. The molecule has 2 aromatic rings. The van der Waals surface area contributed by atoms with Crippen molar-refractivity contribution in [3.8, 4) is 5.75 Å². The largest absolute Gasteiger partial charge is 0.484 e. The van der Waals surface area contributed by atoms with Crippen molar-refractivity contribution in [2.45, 2.75) is 32.0 Å². The second kappa shape index (κ2) is 14.0. The Hall–Kier alpha value is -2.33. The Bertz CT molecular complexity index is 883. The quantitative estimate of drug-likeness (QED) is 0.293. The van der Waals surface area contributed by atoms with Gasteiger partial charge in [0.05, 0.1) is 0 Å². The van der Waals surface area contributed by atoms with Crippen LogP contribution in [0.4, 0.5) is 0 Å². The first-order valence-electron chi connectivity index (χ1n) is 11.2. The fourth-order valence-corrected chi connectivity index (χ4v) is 3.67. The standard InChI is InChI=1S/C25H35N5O2.HI/c1-26-25(27-17-21-10-7-11-23(16-21)32-19-24(31)29(2)3)28-22-12-14-30(15-13-22)18-20-8-5-4-6-9-20;/h4-11,16,22H,12-15,17-19H2,1-3H3,(H2,26,27,28);1H. The highest BCUT2D eigenvalue weighted by atomic mass is 127. The number of halogens is 1. The minimum absolute atomic E-state index is 0. The zero-order valence-corrected chi connectivity index (χ0v) is 22.1. The van der Waals surface area contributed by atoms with Crippen LogP contribution in [0.5, 0.6) is 5.75 Å². The summed E-state index contributed by atoms with van der Waals surface area (Å²) in [5.74, 6) is 1.43. The topological polar surface area (TPSA) is 69.2 Å². The van der Waals surface area contributed by atoms with Crippen LogP contribution in [0, 0.1) is 0 Å². The minimum atomic E-state index is -0.0621. The Morgan fingerprint density at radius 1 is 1.09 bits per heavy atom. The summed E-state index contributed by atoms with van der Waals surface area (Å²) >= 11 is 0. The van der Waals surface area contributed by atoms with Crippen LogP contribution in [-0.2, 0) is 17.9 Å². The van der Waals surface area contributed by atoms with Crippen molar-refractivity contribution in [1.29, 1.82) is 0 Å². The molecule has 1 aliphatic rings. The molecule has 0 saturated carbocycles. The maximum Gasteiger partial charge on any atom is 0.259 e. The lowest BCUT2D eigenvalue weighted by Gasteiger charge is -2.33. The van der Waals surface area contributed by atoms with Crippen molar-refractivity contribution >= 4 is 35.8 Å². The van der Waals surface area contributed by atoms with Crippen LogP contribution in [0.1, 0.15) is 24.0 Å². The van der Waals surface area contributed by atoms with Crippen molar-refractivity contribution in [2.24, 2.45) is 4.99 Å². The predicted octanol–water partition coefficient (Wildman–Crippen LogP) is 3.10. The number of hydrogen-bond acceptors (Lipinski definition) is 4. The molecule has 33 heavy (non-hydrogen) atoms. The number of guanidine groups is 1. The number of carbonyl (C=O) groups is 1. The summed E-state index contributed by atoms with van der Waals surface area (Å²) in [5.41, 5.74) is 2.44. The Kier molecular flexibility index (Phi) is 11.5. The van der Waals surface area contributed by atoms with E-state index in [1.54, 1.807) is 21.1 Å². The lowest BCUT2D eigenvalue weighted by molar-refractivity contribution is -0.130. The van der Waals surface area contributed by atoms with Crippen LogP contribution in [0.3, 0.4) is 0 Å². The number of carbonyl (C=O) groups excluding carboxylic acids is 1. The van der Waals surface area contributed by atoms with E-state index in [0.29, 0.717) is 18.3 Å². The fraction of sp³-hybridized carbons (Fsp3) is 0.440. The van der Waals surface area contributed by atoms with Crippen LogP contribution in [0.25, 0.3) is 0 Å². The summed E-state index contributed by atoms with van der Waals surface area (Å²) in [6, 6.07) is 18.8. The number of amides is 1. The van der Waals surface area contributed by atoms with Crippen LogP contribution in [0.15, 0.2) is 59.6 Å². The first-order chi connectivity index (χ1) is 15.5. The third kappa shape index (κ3) is 9.21. The van der Waals surface area contributed by atoms with Crippen LogP contribution < -0.4 is 15.4 Å². The predicted molar refractivity (Wildman–Crippen MR) is 144 cm³/mol. The highest BCUT2D eigenvalue weighted by Gasteiger charge is 2.20. The van der Waals surface area contributed by atoms with E-state index in [1.165, 1.54) is 10.5 Å². The van der Waals surface area contributed by atoms with Gasteiger partial charge >= 0.3 is 0 Å². The first kappa shape index (κ1) is 26.9. The maximum atomic E-state index is 11.7. The third-order valence-corrected chi connectivity index (χ3v) is 5.62. The van der Waals surface area contributed by atoms with E-state index in [1.807, 2.05) is 24.3 Å². The van der Waals surface area contributed by atoms with E-state index in [-0.39, 0.29) is 36.5 Å². The second-order valence-electron chi connectivity index (χ2n) is 8.33. The number of piperidine rings is 1. The summed E-state index contributed by atoms with van der Waals surface area (Å²) in [4.78, 5) is 20.1. The Labute approximate surface area is 214 Å². The Balaban J connectivity index is 0.00000385. The summed E-state index contributed by atoms with van der Waals surface area (Å²) in [7, 11) is 5.24. The number of hydrogen-bond donors (Lipinski definition) is 2. The van der Waals surface area contributed by atoms with Gasteiger partial charge in [-0.2, -0.15) is 0 Å². The van der Waals surface area contributed by atoms with Gasteiger partial charge in [0.1, 0.15) is 5.75 Å². The molecular weight excluding hydrogens is 529 g/mol. The molecule has 1 heterocycles. The molecule has 0 spiro atoms. The Morgan fingerprint density at radius 3 is 2.45 bits per heavy atom. The number of rotatable bonds is 8. The maximum absolute atomic E-state index is 11.7. The number of nitrogens with one attached hydrogen (secondary N) is 2. The Morgan fingerprint density at radius 2 is 1.79 bits per heavy atom. The van der Waals surface area contributed by atoms with E-state index in [9.17, 15) is 4.79 Å². The number of benzene rings is 2. The SMILES string of the molecule is CN=C(NCc1cccc(OCC(=O)N(C)C)c1)NC1CCN(Cc2ccccc2)CC1.I. The smallest absolute Gasteiger partial charge is 0.259 e. The lowest BCUT2D eigenvalue weighted by Crippen LogP contribution is -2.48. The molecule has 1 aliphatic heterocycles. The minimum Gasteiger partial charge on any atom is -0.484 e. The van der Waals surface area contributed by atoms with Gasteiger partial charge in [-0.1, -0.05) is 42.5 Å². The molecule has 0 atom stereocenters. The van der Waals surface area contributed by atoms with Gasteiger partial charge in [-0.25, -0.2) is 0 Å². The molecule has 1 fully saturated rings. The molecule has 2 N–H and O–H groups in total. The van der Waals surface area contributed by atoms with Gasteiger partial charge in [0.2, 0.25) is 0 Å². The summed E-state index contributed by atoms with van der Waals surface area (Å²) in [6.45, 7) is 3.84. The monoisotopic (exact) mass is 565 g/mol.